The molecule has 0 fully saturated rings. The van der Waals surface area contributed by atoms with Gasteiger partial charge in [0.15, 0.2) is 0 Å². The average molecular weight is 1410 g/mol. The molecule has 530 valence electrons. The van der Waals surface area contributed by atoms with Gasteiger partial charge in [-0.05, 0) is 204 Å². The Labute approximate surface area is 598 Å². The first kappa shape index (κ1) is 79.2. The highest BCUT2D eigenvalue weighted by Crippen LogP contribution is 2.40. The Morgan fingerprint density at radius 1 is 0.426 bits per heavy atom. The summed E-state index contributed by atoms with van der Waals surface area (Å²) < 4.78 is 38.4. The summed E-state index contributed by atoms with van der Waals surface area (Å²) in [6, 6.07) is 44.9. The van der Waals surface area contributed by atoms with E-state index >= 15 is 0 Å². The number of hydrogen-bond acceptors (Lipinski definition) is 25. The Balaban J connectivity index is 0.000000315. The predicted octanol–water partition coefficient (Wildman–Crippen LogP) is 22.5. The maximum Gasteiger partial charge on any atom is 0.330 e. The van der Waals surface area contributed by atoms with Gasteiger partial charge in [0.1, 0.15) is 33.7 Å². The first-order valence-electron chi connectivity index (χ1n) is 33.2. The highest BCUT2D eigenvalue weighted by atomic mass is 32.1. The minimum Gasteiger partial charge on any atom is -0.494 e. The molecular formula is C76H88N12O11S2. The summed E-state index contributed by atoms with van der Waals surface area (Å²) in [5.74, 6) is 0.911. The Morgan fingerprint density at radius 2 is 0.802 bits per heavy atom. The van der Waals surface area contributed by atoms with Gasteiger partial charge in [-0.25, -0.2) is 19.4 Å². The molecule has 0 aliphatic heterocycles. The standard InChI is InChI=1S/C39H40N6O6.C36H44N6O5S2.CH4/c1-4-38(46)50-26-8-6-24-48-35-19-14-32(15-20-35)41-40-30-10-12-31(13-11-30)43-45-37-23-18-34(28-29(37)3)44-42-33-16-21-36(22-17-33)49-25-7-9-27-51-39(47)5-2;1-4-33(43)46-24-13-11-9-7-8-10-12-23-45-30-20-16-28(17-21-30)38-40-32-26-31-35(49-32)37-36(48-31)41-39-27-14-18-29(19-15-27)42(6-3)22-25-47-34(44)5-2;/h4-5,10-23,28H,1-2,6-9,24-27H2,3H3;5,14-21,26H,2,4,6-13,22-25H2,1,3H3;1H4. The van der Waals surface area contributed by atoms with E-state index in [-0.39, 0.29) is 13.4 Å². The summed E-state index contributed by atoms with van der Waals surface area (Å²) in [6.45, 7) is 20.6. The van der Waals surface area contributed by atoms with Crippen LogP contribution >= 0.6 is 22.7 Å². The van der Waals surface area contributed by atoms with Crippen LogP contribution in [0.4, 0.5) is 61.3 Å². The molecule has 0 spiro atoms. The van der Waals surface area contributed by atoms with E-state index in [1.165, 1.54) is 41.9 Å². The third-order valence-electron chi connectivity index (χ3n) is 14.4. The molecule has 2 heterocycles. The van der Waals surface area contributed by atoms with Gasteiger partial charge in [-0.3, -0.25) is 4.79 Å². The highest BCUT2D eigenvalue weighted by Gasteiger charge is 2.11. The van der Waals surface area contributed by atoms with Crippen molar-refractivity contribution in [2.75, 3.05) is 64.2 Å². The molecule has 6 aromatic carbocycles. The van der Waals surface area contributed by atoms with Crippen LogP contribution in [-0.2, 0) is 38.1 Å². The number of nitrogens with zero attached hydrogens (tertiary/aromatic N) is 12. The molecule has 0 saturated carbocycles. The summed E-state index contributed by atoms with van der Waals surface area (Å²) in [4.78, 5) is 52.0. The van der Waals surface area contributed by atoms with E-state index in [4.69, 9.17) is 33.2 Å². The molecule has 101 heavy (non-hydrogen) atoms. The number of anilines is 1. The van der Waals surface area contributed by atoms with E-state index in [9.17, 15) is 19.2 Å². The Kier molecular flexibility index (Phi) is 35.9. The summed E-state index contributed by atoms with van der Waals surface area (Å²) in [5, 5.41) is 44.8. The van der Waals surface area contributed by atoms with Gasteiger partial charge in [0.2, 0.25) is 5.13 Å². The van der Waals surface area contributed by atoms with E-state index < -0.39 is 17.9 Å². The number of benzene rings is 6. The normalized spacial score (nSPS) is 11.2. The molecule has 0 N–H and O–H groups in total. The summed E-state index contributed by atoms with van der Waals surface area (Å²) in [6.07, 6.45) is 14.6. The predicted molar refractivity (Wildman–Crippen MR) is 398 cm³/mol. The molecule has 0 unspecified atom stereocenters. The second-order valence-corrected chi connectivity index (χ2v) is 24.0. The smallest absolute Gasteiger partial charge is 0.330 e. The molecule has 0 aliphatic carbocycles. The number of unbranched alkanes of at least 4 members (excludes halogenated alkanes) is 8. The SMILES string of the molecule is C.C=CC(=O)OCCCCOc1ccc(N=Nc2ccc(N=Nc3ccc(N=Nc4ccc(OCCCCOC(=O)C=C)cc4)cc3C)cc2)cc1.C=CC(=O)OCCN(CC)c1ccc(N=Nc2nc3sc(N=Nc4ccc(OCCCCCCCCCOC(=O)CC)cc4)cc3s2)cc1. The fraction of sp³-hybridized carbons (Fsp3) is 0.329. The molecule has 0 atom stereocenters. The number of thiophene rings is 1. The number of esters is 4. The van der Waals surface area contributed by atoms with Crippen LogP contribution in [0.15, 0.2) is 235 Å². The Hall–Kier alpha value is -10.8. The first-order valence-corrected chi connectivity index (χ1v) is 34.8. The zero-order chi connectivity index (χ0) is 70.8. The number of carbonyl (C=O) groups is 4. The average Bonchev–Trinajstić information content (AvgIpc) is 1.66. The lowest BCUT2D eigenvalue weighted by Gasteiger charge is -2.22. The van der Waals surface area contributed by atoms with E-state index in [0.29, 0.717) is 106 Å². The van der Waals surface area contributed by atoms with E-state index in [2.05, 4.69) is 80.8 Å². The van der Waals surface area contributed by atoms with Crippen LogP contribution in [0.5, 0.6) is 17.2 Å². The molecule has 23 nitrogen and oxygen atoms in total. The summed E-state index contributed by atoms with van der Waals surface area (Å²) in [7, 11) is 0. The monoisotopic (exact) mass is 1410 g/mol. The van der Waals surface area contributed by atoms with Crippen LogP contribution < -0.4 is 19.1 Å². The van der Waals surface area contributed by atoms with Crippen LogP contribution in [-0.4, -0.2) is 88.2 Å². The summed E-state index contributed by atoms with van der Waals surface area (Å²) in [5.41, 5.74) is 7.55. The molecule has 8 aromatic rings. The third kappa shape index (κ3) is 30.5. The zero-order valence-corrected chi connectivity index (χ0v) is 58.4. The maximum absolute atomic E-state index is 11.3. The number of fused-ring (bicyclic) bond motifs is 1. The van der Waals surface area contributed by atoms with Crippen molar-refractivity contribution in [3.63, 3.8) is 0 Å². The van der Waals surface area contributed by atoms with Crippen molar-refractivity contribution in [2.24, 2.45) is 51.1 Å². The highest BCUT2D eigenvalue weighted by molar-refractivity contribution is 7.30. The topological polar surface area (TPSA) is 273 Å². The number of aryl methyl sites for hydroxylation is 1. The van der Waals surface area contributed by atoms with Gasteiger partial charge in [0.05, 0.1) is 96.4 Å². The van der Waals surface area contributed by atoms with Gasteiger partial charge in [0, 0.05) is 36.9 Å². The van der Waals surface area contributed by atoms with Crippen molar-refractivity contribution >= 4 is 117 Å². The number of rotatable bonds is 42. The number of ether oxygens (including phenoxy) is 7. The fourth-order valence-corrected chi connectivity index (χ4v) is 10.8. The lowest BCUT2D eigenvalue weighted by Crippen LogP contribution is -2.27. The second kappa shape index (κ2) is 45.7. The van der Waals surface area contributed by atoms with Crippen LogP contribution in [0.2, 0.25) is 0 Å². The lowest BCUT2D eigenvalue weighted by molar-refractivity contribution is -0.143. The van der Waals surface area contributed by atoms with E-state index in [1.54, 1.807) is 0 Å². The quantitative estimate of drug-likeness (QED) is 0.0113. The van der Waals surface area contributed by atoms with Crippen molar-refractivity contribution in [1.29, 1.82) is 0 Å². The van der Waals surface area contributed by atoms with Gasteiger partial charge >= 0.3 is 23.9 Å². The van der Waals surface area contributed by atoms with E-state index in [0.717, 1.165) is 123 Å². The Bertz CT molecular complexity index is 3980. The number of likely N-dealkylation sites (N-methyl/N-ethyl adjacent to an activating group) is 1. The third-order valence-corrected chi connectivity index (χ3v) is 16.3. The van der Waals surface area contributed by atoms with Crippen molar-refractivity contribution in [2.45, 2.75) is 105 Å². The molecule has 0 radical (unpaired) electrons. The van der Waals surface area contributed by atoms with Gasteiger partial charge in [-0.2, -0.15) is 30.7 Å². The number of thiazole rings is 1. The number of carbonyl (C=O) groups excluding carboxylic acids is 4. The second-order valence-electron chi connectivity index (χ2n) is 21.9. The molecule has 0 amide bonds. The molecule has 0 aliphatic rings. The van der Waals surface area contributed by atoms with Gasteiger partial charge in [-0.1, -0.05) is 88.9 Å². The molecule has 2 aromatic heterocycles. The molecular weight excluding hydrogens is 1320 g/mol. The van der Waals surface area contributed by atoms with Gasteiger partial charge in [-0.15, -0.1) is 20.5 Å². The molecule has 25 heteroatoms. The van der Waals surface area contributed by atoms with Crippen LogP contribution in [0.25, 0.3) is 9.53 Å². The van der Waals surface area contributed by atoms with Crippen LogP contribution in [0.3, 0.4) is 0 Å². The minimum absolute atomic E-state index is 0. The molecule has 0 saturated heterocycles. The molecule has 8 rings (SSSR count). The van der Waals surface area contributed by atoms with Gasteiger partial charge in [0.25, 0.3) is 0 Å². The van der Waals surface area contributed by atoms with Crippen molar-refractivity contribution in [3.05, 3.63) is 189 Å². The number of hydrogen-bond donors (Lipinski definition) is 0. The van der Waals surface area contributed by atoms with Crippen molar-refractivity contribution < 1.29 is 52.3 Å². The van der Waals surface area contributed by atoms with Crippen molar-refractivity contribution in [3.8, 4) is 17.2 Å². The summed E-state index contributed by atoms with van der Waals surface area (Å²) >= 11 is 2.91. The zero-order valence-electron chi connectivity index (χ0n) is 56.7. The minimum atomic E-state index is -0.422. The largest absolute Gasteiger partial charge is 0.494 e. The molecule has 0 bridgehead atoms. The van der Waals surface area contributed by atoms with Crippen LogP contribution in [0.1, 0.15) is 104 Å². The van der Waals surface area contributed by atoms with Crippen molar-refractivity contribution in [1.82, 2.24) is 4.98 Å². The first-order chi connectivity index (χ1) is 48.9. The van der Waals surface area contributed by atoms with Crippen LogP contribution in [0, 0.1) is 6.92 Å². The number of azo groups is 5. The lowest BCUT2D eigenvalue weighted by atomic mass is 10.1. The van der Waals surface area contributed by atoms with E-state index in [1.807, 2.05) is 166 Å². The van der Waals surface area contributed by atoms with Gasteiger partial charge < -0.3 is 38.1 Å². The maximum atomic E-state index is 11.3. The number of aromatic nitrogens is 1. The fourth-order valence-electron chi connectivity index (χ4n) is 8.91. The Morgan fingerprint density at radius 3 is 1.26 bits per heavy atom.